The Kier molecular flexibility index (Phi) is 4.73. The minimum atomic E-state index is -0.732. The van der Waals surface area contributed by atoms with Gasteiger partial charge in [0.2, 0.25) is 0 Å². The van der Waals surface area contributed by atoms with Crippen LogP contribution in [-0.2, 0) is 9.31 Å². The molecular formula is C19H18BClF2N2O2S. The van der Waals surface area contributed by atoms with Crippen molar-refractivity contribution in [2.75, 3.05) is 0 Å². The van der Waals surface area contributed by atoms with E-state index < -0.39 is 24.1 Å². The molecule has 28 heavy (non-hydrogen) atoms. The van der Waals surface area contributed by atoms with Gasteiger partial charge in [-0.3, -0.25) is 0 Å². The summed E-state index contributed by atoms with van der Waals surface area (Å²) in [5, 5.41) is 0.749. The second-order valence-electron chi connectivity index (χ2n) is 7.73. The van der Waals surface area contributed by atoms with E-state index in [4.69, 9.17) is 20.9 Å². The Morgan fingerprint density at radius 2 is 1.75 bits per heavy atom. The number of halogens is 3. The van der Waals surface area contributed by atoms with Crippen LogP contribution in [0.4, 0.5) is 8.28 Å². The first-order valence-electron chi connectivity index (χ1n) is 8.75. The summed E-state index contributed by atoms with van der Waals surface area (Å²) in [5.74, 6) is -0.428. The molecule has 3 aromatic rings. The lowest BCUT2D eigenvalue weighted by molar-refractivity contribution is 0.00578. The Balaban J connectivity index is 1.92. The highest BCUT2D eigenvalue weighted by Gasteiger charge is 2.52. The fourth-order valence-electron chi connectivity index (χ4n) is 3.21. The molecule has 1 aliphatic heterocycles. The van der Waals surface area contributed by atoms with Gasteiger partial charge in [0.1, 0.15) is 5.82 Å². The SMILES string of the molecule is CC1(C)OB(c2cnc3c(c(-c4ccccc4F)cn3SF)c2Cl)OC1(C)C. The van der Waals surface area contributed by atoms with Crippen LogP contribution in [0.15, 0.2) is 36.7 Å². The topological polar surface area (TPSA) is 36.3 Å². The van der Waals surface area contributed by atoms with E-state index in [9.17, 15) is 8.28 Å². The molecule has 0 bridgehead atoms. The first-order valence-corrected chi connectivity index (χ1v) is 9.80. The zero-order valence-corrected chi connectivity index (χ0v) is 17.4. The molecule has 0 radical (unpaired) electrons. The third-order valence-corrected chi connectivity index (χ3v) is 6.33. The maximum absolute atomic E-state index is 14.4. The number of rotatable bonds is 3. The molecule has 2 aromatic heterocycles. The minimum absolute atomic E-state index is 0.0235. The van der Waals surface area contributed by atoms with Crippen molar-refractivity contribution in [3.63, 3.8) is 0 Å². The summed E-state index contributed by atoms with van der Waals surface area (Å²) >= 11 is 6.69. The largest absolute Gasteiger partial charge is 0.497 e. The summed E-state index contributed by atoms with van der Waals surface area (Å²) in [6, 6.07) is 6.27. The molecule has 4 nitrogen and oxygen atoms in total. The van der Waals surface area contributed by atoms with Crippen LogP contribution in [0.2, 0.25) is 5.02 Å². The zero-order chi connectivity index (χ0) is 20.3. The smallest absolute Gasteiger partial charge is 0.399 e. The first-order chi connectivity index (χ1) is 13.2. The van der Waals surface area contributed by atoms with E-state index in [1.54, 1.807) is 18.2 Å². The second kappa shape index (κ2) is 6.73. The Morgan fingerprint density at radius 3 is 2.36 bits per heavy atom. The molecule has 0 unspecified atom stereocenters. The molecule has 9 heteroatoms. The second-order valence-corrected chi connectivity index (χ2v) is 8.64. The van der Waals surface area contributed by atoms with Crippen LogP contribution < -0.4 is 5.46 Å². The van der Waals surface area contributed by atoms with Gasteiger partial charge in [-0.1, -0.05) is 29.8 Å². The Bertz CT molecular complexity index is 1060. The van der Waals surface area contributed by atoms with E-state index in [-0.39, 0.29) is 12.3 Å². The van der Waals surface area contributed by atoms with Crippen LogP contribution in [0.3, 0.4) is 0 Å². The van der Waals surface area contributed by atoms with Crippen LogP contribution in [0.5, 0.6) is 0 Å². The van der Waals surface area contributed by atoms with Crippen molar-refractivity contribution in [1.29, 1.82) is 0 Å². The van der Waals surface area contributed by atoms with E-state index in [1.807, 2.05) is 27.7 Å². The number of benzene rings is 1. The standard InChI is InChI=1S/C19H18BClF2N2O2S/c1-18(2)19(3,4)27-20(26-18)13-9-24-17-15(16(13)21)12(10-25(17)28-23)11-7-5-6-8-14(11)22/h5-10H,1-4H3. The maximum atomic E-state index is 14.4. The van der Waals surface area contributed by atoms with Gasteiger partial charge in [0.25, 0.3) is 0 Å². The fourth-order valence-corrected chi connectivity index (χ4v) is 3.89. The zero-order valence-electron chi connectivity index (χ0n) is 15.8. The molecule has 0 amide bonds. The van der Waals surface area contributed by atoms with E-state index in [0.717, 1.165) is 0 Å². The predicted molar refractivity (Wildman–Crippen MR) is 110 cm³/mol. The van der Waals surface area contributed by atoms with Crippen LogP contribution in [0.1, 0.15) is 27.7 Å². The quantitative estimate of drug-likeness (QED) is 0.545. The Labute approximate surface area is 171 Å². The third-order valence-electron chi connectivity index (χ3n) is 5.49. The molecule has 0 atom stereocenters. The highest BCUT2D eigenvalue weighted by molar-refractivity contribution is 7.92. The average Bonchev–Trinajstić information content (AvgIpc) is 3.10. The number of pyridine rings is 1. The molecule has 1 aromatic carbocycles. The third kappa shape index (κ3) is 2.94. The summed E-state index contributed by atoms with van der Waals surface area (Å²) in [7, 11) is -0.732. The van der Waals surface area contributed by atoms with Crippen LogP contribution >= 0.6 is 23.9 Å². The highest BCUT2D eigenvalue weighted by Crippen LogP contribution is 2.40. The van der Waals surface area contributed by atoms with Crippen molar-refractivity contribution in [1.82, 2.24) is 8.96 Å². The lowest BCUT2D eigenvalue weighted by Gasteiger charge is -2.32. The normalized spacial score (nSPS) is 18.2. The summed E-state index contributed by atoms with van der Waals surface area (Å²) in [6.45, 7) is 7.75. The molecule has 3 heterocycles. The van der Waals surface area contributed by atoms with Gasteiger partial charge in [0.15, 0.2) is 18.0 Å². The van der Waals surface area contributed by atoms with E-state index in [1.165, 1.54) is 22.4 Å². The van der Waals surface area contributed by atoms with Gasteiger partial charge >= 0.3 is 7.12 Å². The molecule has 146 valence electrons. The van der Waals surface area contributed by atoms with Crippen molar-refractivity contribution in [2.24, 2.45) is 0 Å². The van der Waals surface area contributed by atoms with Gasteiger partial charge < -0.3 is 9.31 Å². The molecule has 0 saturated carbocycles. The summed E-state index contributed by atoms with van der Waals surface area (Å²) in [6.07, 6.45) is 3.01. The van der Waals surface area contributed by atoms with Crippen molar-refractivity contribution in [2.45, 2.75) is 38.9 Å². The fraction of sp³-hybridized carbons (Fsp3) is 0.316. The first kappa shape index (κ1) is 19.7. The van der Waals surface area contributed by atoms with Crippen molar-refractivity contribution in [3.05, 3.63) is 47.5 Å². The number of nitrogens with zero attached hydrogens (tertiary/aromatic N) is 2. The van der Waals surface area contributed by atoms with Gasteiger partial charge in [-0.15, -0.1) is 3.89 Å². The van der Waals surface area contributed by atoms with Crippen LogP contribution in [0.25, 0.3) is 22.2 Å². The molecular weight excluding hydrogens is 405 g/mol. The minimum Gasteiger partial charge on any atom is -0.399 e. The van der Waals surface area contributed by atoms with Crippen molar-refractivity contribution < 1.29 is 17.6 Å². The van der Waals surface area contributed by atoms with E-state index in [0.29, 0.717) is 32.6 Å². The van der Waals surface area contributed by atoms with Gasteiger partial charge in [-0.25, -0.2) is 13.3 Å². The highest BCUT2D eigenvalue weighted by atomic mass is 35.5. The average molecular weight is 423 g/mol. The van der Waals surface area contributed by atoms with Crippen molar-refractivity contribution in [3.8, 4) is 11.1 Å². The lowest BCUT2D eigenvalue weighted by Crippen LogP contribution is -2.41. The van der Waals surface area contributed by atoms with Crippen LogP contribution in [0, 0.1) is 5.82 Å². The van der Waals surface area contributed by atoms with Gasteiger partial charge in [-0.2, -0.15) is 0 Å². The summed E-state index contributed by atoms with van der Waals surface area (Å²) in [5.41, 5.74) is 0.489. The molecule has 0 N–H and O–H groups in total. The molecule has 1 saturated heterocycles. The molecule has 4 rings (SSSR count). The van der Waals surface area contributed by atoms with Crippen LogP contribution in [-0.4, -0.2) is 27.3 Å². The van der Waals surface area contributed by atoms with Crippen molar-refractivity contribution >= 4 is 47.5 Å². The number of fused-ring (bicyclic) bond motifs is 1. The maximum Gasteiger partial charge on any atom is 0.497 e. The summed E-state index contributed by atoms with van der Waals surface area (Å²) < 4.78 is 41.3. The molecule has 1 aliphatic rings. The van der Waals surface area contributed by atoms with E-state index >= 15 is 0 Å². The molecule has 0 aliphatic carbocycles. The number of hydrogen-bond acceptors (Lipinski definition) is 4. The number of aromatic nitrogens is 2. The Hall–Kier alpha value is -1.61. The Morgan fingerprint density at radius 1 is 1.11 bits per heavy atom. The monoisotopic (exact) mass is 422 g/mol. The van der Waals surface area contributed by atoms with E-state index in [2.05, 4.69) is 4.98 Å². The predicted octanol–water partition coefficient (Wildman–Crippen LogP) is 5.18. The lowest BCUT2D eigenvalue weighted by atomic mass is 9.79. The van der Waals surface area contributed by atoms with Gasteiger partial charge in [-0.05, 0) is 33.8 Å². The van der Waals surface area contributed by atoms with Gasteiger partial charge in [0, 0.05) is 34.4 Å². The molecule has 0 spiro atoms. The van der Waals surface area contributed by atoms with Gasteiger partial charge in [0.05, 0.1) is 16.2 Å². The number of hydrogen-bond donors (Lipinski definition) is 0. The molecule has 1 fully saturated rings. The summed E-state index contributed by atoms with van der Waals surface area (Å²) in [4.78, 5) is 4.36.